The van der Waals surface area contributed by atoms with Gasteiger partial charge in [0.05, 0.1) is 11.7 Å². The van der Waals surface area contributed by atoms with Crippen molar-refractivity contribution in [3.8, 4) is 11.1 Å². The molecule has 18 heavy (non-hydrogen) atoms. The van der Waals surface area contributed by atoms with Gasteiger partial charge in [0.15, 0.2) is 0 Å². The molecule has 90 valence electrons. The average molecular weight is 241 g/mol. The molecule has 2 aromatic carbocycles. The maximum Gasteiger partial charge on any atom is 0.123 e. The van der Waals surface area contributed by atoms with Crippen molar-refractivity contribution in [3.05, 3.63) is 48.4 Å². The molecule has 4 heteroatoms. The van der Waals surface area contributed by atoms with Crippen molar-refractivity contribution in [2.45, 2.75) is 0 Å². The Hall–Kier alpha value is -2.36. The zero-order valence-corrected chi connectivity index (χ0v) is 9.89. The number of aryl methyl sites for hydroxylation is 1. The highest BCUT2D eigenvalue weighted by Gasteiger charge is 2.08. The highest BCUT2D eigenvalue weighted by atomic mass is 19.1. The number of rotatable bonds is 1. The van der Waals surface area contributed by atoms with Crippen LogP contribution in [-0.2, 0) is 7.05 Å². The second-order valence-corrected chi connectivity index (χ2v) is 4.28. The Kier molecular flexibility index (Phi) is 2.30. The van der Waals surface area contributed by atoms with E-state index in [-0.39, 0.29) is 5.82 Å². The third-order valence-electron chi connectivity index (χ3n) is 3.05. The molecule has 0 fully saturated rings. The summed E-state index contributed by atoms with van der Waals surface area (Å²) >= 11 is 0. The van der Waals surface area contributed by atoms with Gasteiger partial charge in [-0.2, -0.15) is 5.10 Å². The number of hydrogen-bond acceptors (Lipinski definition) is 2. The second-order valence-electron chi connectivity index (χ2n) is 4.28. The minimum absolute atomic E-state index is 0.267. The summed E-state index contributed by atoms with van der Waals surface area (Å²) in [5.74, 6) is -0.267. The number of hydrogen-bond donors (Lipinski definition) is 1. The smallest absolute Gasteiger partial charge is 0.123 e. The Morgan fingerprint density at radius 1 is 1.22 bits per heavy atom. The monoisotopic (exact) mass is 241 g/mol. The van der Waals surface area contributed by atoms with Crippen molar-refractivity contribution in [2.75, 3.05) is 5.73 Å². The molecule has 0 amide bonds. The van der Waals surface area contributed by atoms with Gasteiger partial charge < -0.3 is 5.73 Å². The number of anilines is 1. The first-order chi connectivity index (χ1) is 8.65. The predicted molar refractivity (Wildman–Crippen MR) is 70.5 cm³/mol. The number of aromatic nitrogens is 2. The molecule has 3 aromatic rings. The minimum Gasteiger partial charge on any atom is -0.398 e. The molecule has 1 heterocycles. The molecule has 0 saturated heterocycles. The van der Waals surface area contributed by atoms with Crippen molar-refractivity contribution >= 4 is 16.6 Å². The van der Waals surface area contributed by atoms with Gasteiger partial charge in [0.25, 0.3) is 0 Å². The standard InChI is InChI=1S/C14H12FN3/c1-18-14-7-12(9-3-2-4-11(15)5-9)13(16)6-10(14)8-17-18/h2-8H,16H2,1H3. The summed E-state index contributed by atoms with van der Waals surface area (Å²) in [6, 6.07) is 10.2. The molecular formula is C14H12FN3. The van der Waals surface area contributed by atoms with Crippen LogP contribution in [0.2, 0.25) is 0 Å². The first kappa shape index (κ1) is 10.8. The molecule has 0 radical (unpaired) electrons. The maximum atomic E-state index is 13.3. The molecule has 3 rings (SSSR count). The Morgan fingerprint density at radius 3 is 2.83 bits per heavy atom. The quantitative estimate of drug-likeness (QED) is 0.666. The number of benzene rings is 2. The SMILES string of the molecule is Cn1ncc2cc(N)c(-c3cccc(F)c3)cc21. The lowest BCUT2D eigenvalue weighted by atomic mass is 10.0. The zero-order valence-electron chi connectivity index (χ0n) is 9.89. The average Bonchev–Trinajstić information content (AvgIpc) is 2.69. The summed E-state index contributed by atoms with van der Waals surface area (Å²) in [6.45, 7) is 0. The largest absolute Gasteiger partial charge is 0.398 e. The summed E-state index contributed by atoms with van der Waals surface area (Å²) in [7, 11) is 1.87. The normalized spacial score (nSPS) is 11.0. The topological polar surface area (TPSA) is 43.8 Å². The van der Waals surface area contributed by atoms with Gasteiger partial charge in [-0.1, -0.05) is 12.1 Å². The summed E-state index contributed by atoms with van der Waals surface area (Å²) < 4.78 is 15.0. The summed E-state index contributed by atoms with van der Waals surface area (Å²) in [5.41, 5.74) is 9.22. The molecule has 0 aliphatic rings. The number of fused-ring (bicyclic) bond motifs is 1. The Morgan fingerprint density at radius 2 is 2.06 bits per heavy atom. The highest BCUT2D eigenvalue weighted by molar-refractivity contribution is 5.91. The van der Waals surface area contributed by atoms with Crippen LogP contribution in [0.3, 0.4) is 0 Å². The van der Waals surface area contributed by atoms with E-state index in [1.165, 1.54) is 12.1 Å². The zero-order chi connectivity index (χ0) is 12.7. The molecule has 2 N–H and O–H groups in total. The molecule has 0 saturated carbocycles. The molecular weight excluding hydrogens is 229 g/mol. The Balaban J connectivity index is 2.28. The number of nitrogens with two attached hydrogens (primary N) is 1. The van der Waals surface area contributed by atoms with E-state index in [1.54, 1.807) is 16.9 Å². The Bertz CT molecular complexity index is 731. The molecule has 0 aliphatic carbocycles. The molecule has 0 aliphatic heterocycles. The third kappa shape index (κ3) is 1.62. The first-order valence-electron chi connectivity index (χ1n) is 5.62. The fourth-order valence-electron chi connectivity index (χ4n) is 2.12. The van der Waals surface area contributed by atoms with E-state index in [4.69, 9.17) is 5.73 Å². The van der Waals surface area contributed by atoms with Crippen molar-refractivity contribution in [3.63, 3.8) is 0 Å². The third-order valence-corrected chi connectivity index (χ3v) is 3.05. The predicted octanol–water partition coefficient (Wildman–Crippen LogP) is 2.96. The van der Waals surface area contributed by atoms with E-state index in [0.717, 1.165) is 22.0 Å². The van der Waals surface area contributed by atoms with Crippen molar-refractivity contribution < 1.29 is 4.39 Å². The van der Waals surface area contributed by atoms with Gasteiger partial charge in [-0.15, -0.1) is 0 Å². The lowest BCUT2D eigenvalue weighted by Crippen LogP contribution is -1.93. The van der Waals surface area contributed by atoms with Crippen LogP contribution in [0.1, 0.15) is 0 Å². The van der Waals surface area contributed by atoms with Crippen LogP contribution in [0.15, 0.2) is 42.6 Å². The van der Waals surface area contributed by atoms with Crippen LogP contribution in [0.25, 0.3) is 22.0 Å². The molecule has 0 spiro atoms. The van der Waals surface area contributed by atoms with E-state index >= 15 is 0 Å². The lowest BCUT2D eigenvalue weighted by Gasteiger charge is -2.07. The molecule has 3 nitrogen and oxygen atoms in total. The molecule has 1 aromatic heterocycles. The van der Waals surface area contributed by atoms with Crippen LogP contribution in [0.5, 0.6) is 0 Å². The number of halogens is 1. The highest BCUT2D eigenvalue weighted by Crippen LogP contribution is 2.30. The minimum atomic E-state index is -0.267. The van der Waals surface area contributed by atoms with Crippen LogP contribution >= 0.6 is 0 Å². The van der Waals surface area contributed by atoms with Crippen molar-refractivity contribution in [1.29, 1.82) is 0 Å². The van der Waals surface area contributed by atoms with Gasteiger partial charge in [0.1, 0.15) is 5.82 Å². The van der Waals surface area contributed by atoms with Crippen molar-refractivity contribution in [2.24, 2.45) is 7.05 Å². The van der Waals surface area contributed by atoms with Crippen LogP contribution in [-0.4, -0.2) is 9.78 Å². The fraction of sp³-hybridized carbons (Fsp3) is 0.0714. The van der Waals surface area contributed by atoms with Gasteiger partial charge in [0.2, 0.25) is 0 Å². The van der Waals surface area contributed by atoms with Crippen LogP contribution in [0.4, 0.5) is 10.1 Å². The lowest BCUT2D eigenvalue weighted by molar-refractivity contribution is 0.628. The second kappa shape index (κ2) is 3.84. The van der Waals surface area contributed by atoms with E-state index in [1.807, 2.05) is 25.2 Å². The maximum absolute atomic E-state index is 13.3. The van der Waals surface area contributed by atoms with Gasteiger partial charge in [-0.3, -0.25) is 4.68 Å². The fourth-order valence-corrected chi connectivity index (χ4v) is 2.12. The molecule has 0 atom stereocenters. The van der Waals surface area contributed by atoms with Gasteiger partial charge in [-0.05, 0) is 29.8 Å². The van der Waals surface area contributed by atoms with E-state index in [2.05, 4.69) is 5.10 Å². The first-order valence-corrected chi connectivity index (χ1v) is 5.62. The van der Waals surface area contributed by atoms with E-state index < -0.39 is 0 Å². The van der Waals surface area contributed by atoms with Crippen LogP contribution in [0, 0.1) is 5.82 Å². The molecule has 0 unspecified atom stereocenters. The van der Waals surface area contributed by atoms with E-state index in [9.17, 15) is 4.39 Å². The van der Waals surface area contributed by atoms with Gasteiger partial charge in [-0.25, -0.2) is 4.39 Å². The van der Waals surface area contributed by atoms with Crippen molar-refractivity contribution in [1.82, 2.24) is 9.78 Å². The van der Waals surface area contributed by atoms with Crippen LogP contribution < -0.4 is 5.73 Å². The Labute approximate surface area is 104 Å². The number of nitrogens with zero attached hydrogens (tertiary/aromatic N) is 2. The van der Waals surface area contributed by atoms with E-state index in [0.29, 0.717) is 5.69 Å². The van der Waals surface area contributed by atoms with Gasteiger partial charge >= 0.3 is 0 Å². The number of nitrogen functional groups attached to an aromatic ring is 1. The summed E-state index contributed by atoms with van der Waals surface area (Å²) in [6.07, 6.45) is 1.76. The van der Waals surface area contributed by atoms with Gasteiger partial charge in [0, 0.05) is 23.7 Å². The summed E-state index contributed by atoms with van der Waals surface area (Å²) in [4.78, 5) is 0. The summed E-state index contributed by atoms with van der Waals surface area (Å²) in [5, 5.41) is 5.16. The molecule has 0 bridgehead atoms.